The maximum Gasteiger partial charge on any atom is 0.252 e. The summed E-state index contributed by atoms with van der Waals surface area (Å²) in [6.45, 7) is 4.45. The number of hydrogen-bond acceptors (Lipinski definition) is 4. The van der Waals surface area contributed by atoms with Crippen LogP contribution in [-0.4, -0.2) is 31.7 Å². The molecule has 1 amide bonds. The predicted molar refractivity (Wildman–Crippen MR) is 107 cm³/mol. The largest absolute Gasteiger partial charge is 0.493 e. The Morgan fingerprint density at radius 2 is 1.81 bits per heavy atom. The van der Waals surface area contributed by atoms with Gasteiger partial charge in [0.2, 0.25) is 0 Å². The Morgan fingerprint density at radius 3 is 2.56 bits per heavy atom. The van der Waals surface area contributed by atoms with Crippen LogP contribution in [0.1, 0.15) is 27.2 Å². The molecule has 0 saturated heterocycles. The Bertz CT molecular complexity index is 983. The smallest absolute Gasteiger partial charge is 0.252 e. The number of methoxy groups -OCH3 is 2. The van der Waals surface area contributed by atoms with E-state index in [2.05, 4.69) is 10.3 Å². The van der Waals surface area contributed by atoms with Crippen molar-refractivity contribution in [1.82, 2.24) is 10.3 Å². The maximum atomic E-state index is 12.8. The fourth-order valence-corrected chi connectivity index (χ4v) is 3.16. The van der Waals surface area contributed by atoms with Crippen LogP contribution in [0.15, 0.2) is 42.5 Å². The van der Waals surface area contributed by atoms with Crippen molar-refractivity contribution in [2.75, 3.05) is 20.8 Å². The topological polar surface area (TPSA) is 60.5 Å². The summed E-state index contributed by atoms with van der Waals surface area (Å²) in [5.41, 5.74) is 4.51. The standard InChI is InChI=1S/C22H24N2O3/c1-14-6-5-7-17-18(12-15(2)24-21(14)17)22(25)23-11-10-16-8-9-19(26-3)20(13-16)27-4/h5-9,12-13H,10-11H2,1-4H3,(H,23,25). The molecule has 0 aliphatic carbocycles. The first kappa shape index (κ1) is 18.7. The molecule has 0 saturated carbocycles. The molecular formula is C22H24N2O3. The maximum absolute atomic E-state index is 12.8. The van der Waals surface area contributed by atoms with Gasteiger partial charge in [0.15, 0.2) is 11.5 Å². The van der Waals surface area contributed by atoms with Gasteiger partial charge >= 0.3 is 0 Å². The van der Waals surface area contributed by atoms with E-state index in [9.17, 15) is 4.79 Å². The minimum Gasteiger partial charge on any atom is -0.493 e. The van der Waals surface area contributed by atoms with Gasteiger partial charge in [-0.1, -0.05) is 24.3 Å². The van der Waals surface area contributed by atoms with E-state index >= 15 is 0 Å². The molecule has 0 bridgehead atoms. The molecular weight excluding hydrogens is 340 g/mol. The Balaban J connectivity index is 1.74. The number of hydrogen-bond donors (Lipinski definition) is 1. The number of rotatable bonds is 6. The lowest BCUT2D eigenvalue weighted by atomic mass is 10.0. The molecule has 140 valence electrons. The minimum atomic E-state index is -0.0865. The monoisotopic (exact) mass is 364 g/mol. The molecule has 3 rings (SSSR count). The Morgan fingerprint density at radius 1 is 1.04 bits per heavy atom. The van der Waals surface area contributed by atoms with Crippen molar-refractivity contribution in [3.63, 3.8) is 0 Å². The summed E-state index contributed by atoms with van der Waals surface area (Å²) in [7, 11) is 3.22. The Labute approximate surface area is 159 Å². The van der Waals surface area contributed by atoms with Crippen LogP contribution >= 0.6 is 0 Å². The number of fused-ring (bicyclic) bond motifs is 1. The van der Waals surface area contributed by atoms with Gasteiger partial charge in [-0.2, -0.15) is 0 Å². The molecule has 0 aliphatic heterocycles. The van der Waals surface area contributed by atoms with Crippen LogP contribution in [0.3, 0.4) is 0 Å². The molecule has 0 unspecified atom stereocenters. The van der Waals surface area contributed by atoms with Gasteiger partial charge in [0.1, 0.15) is 0 Å². The molecule has 0 atom stereocenters. The second kappa shape index (κ2) is 8.08. The lowest BCUT2D eigenvalue weighted by molar-refractivity contribution is 0.0955. The molecule has 27 heavy (non-hydrogen) atoms. The van der Waals surface area contributed by atoms with Crippen LogP contribution < -0.4 is 14.8 Å². The average Bonchev–Trinajstić information content (AvgIpc) is 2.67. The third kappa shape index (κ3) is 4.03. The normalized spacial score (nSPS) is 10.7. The third-order valence-corrected chi connectivity index (χ3v) is 4.56. The first-order chi connectivity index (χ1) is 13.0. The number of benzene rings is 2. The number of pyridine rings is 1. The number of carbonyl (C=O) groups excluding carboxylic acids is 1. The molecule has 0 radical (unpaired) electrons. The lowest BCUT2D eigenvalue weighted by Gasteiger charge is -2.12. The highest BCUT2D eigenvalue weighted by molar-refractivity contribution is 6.06. The van der Waals surface area contributed by atoms with Gasteiger partial charge in [0.25, 0.3) is 5.91 Å². The number of para-hydroxylation sites is 1. The van der Waals surface area contributed by atoms with E-state index in [1.165, 1.54) is 0 Å². The van der Waals surface area contributed by atoms with Crippen molar-refractivity contribution < 1.29 is 14.3 Å². The molecule has 0 spiro atoms. The summed E-state index contributed by atoms with van der Waals surface area (Å²) >= 11 is 0. The highest BCUT2D eigenvalue weighted by Gasteiger charge is 2.13. The van der Waals surface area contributed by atoms with Gasteiger partial charge in [0, 0.05) is 17.6 Å². The number of ether oxygens (including phenoxy) is 2. The molecule has 0 fully saturated rings. The van der Waals surface area contributed by atoms with E-state index in [-0.39, 0.29) is 5.91 Å². The van der Waals surface area contributed by atoms with Gasteiger partial charge in [-0.25, -0.2) is 0 Å². The number of aromatic nitrogens is 1. The zero-order valence-electron chi connectivity index (χ0n) is 16.1. The second-order valence-corrected chi connectivity index (χ2v) is 6.48. The second-order valence-electron chi connectivity index (χ2n) is 6.48. The average molecular weight is 364 g/mol. The number of aryl methyl sites for hydroxylation is 2. The van der Waals surface area contributed by atoms with Gasteiger partial charge in [-0.15, -0.1) is 0 Å². The van der Waals surface area contributed by atoms with Crippen LogP contribution in [0.4, 0.5) is 0 Å². The van der Waals surface area contributed by atoms with Gasteiger partial charge in [-0.3, -0.25) is 9.78 Å². The molecule has 5 nitrogen and oxygen atoms in total. The highest BCUT2D eigenvalue weighted by atomic mass is 16.5. The quantitative estimate of drug-likeness (QED) is 0.722. The highest BCUT2D eigenvalue weighted by Crippen LogP contribution is 2.27. The van der Waals surface area contributed by atoms with E-state index in [1.807, 2.05) is 56.3 Å². The van der Waals surface area contributed by atoms with Crippen LogP contribution in [0.2, 0.25) is 0 Å². The predicted octanol–water partition coefficient (Wildman–Crippen LogP) is 3.84. The van der Waals surface area contributed by atoms with Crippen molar-refractivity contribution in [2.45, 2.75) is 20.3 Å². The fraction of sp³-hybridized carbons (Fsp3) is 0.273. The number of amides is 1. The molecule has 5 heteroatoms. The first-order valence-electron chi connectivity index (χ1n) is 8.89. The van der Waals surface area contributed by atoms with Crippen molar-refractivity contribution in [1.29, 1.82) is 0 Å². The van der Waals surface area contributed by atoms with Crippen molar-refractivity contribution in [3.05, 3.63) is 64.8 Å². The number of carbonyl (C=O) groups is 1. The van der Waals surface area contributed by atoms with Crippen molar-refractivity contribution in [2.24, 2.45) is 0 Å². The molecule has 2 aromatic carbocycles. The number of nitrogens with zero attached hydrogens (tertiary/aromatic N) is 1. The van der Waals surface area contributed by atoms with Crippen LogP contribution in [0.5, 0.6) is 11.5 Å². The Hall–Kier alpha value is -3.08. The summed E-state index contributed by atoms with van der Waals surface area (Å²) in [4.78, 5) is 17.3. The summed E-state index contributed by atoms with van der Waals surface area (Å²) < 4.78 is 10.6. The minimum absolute atomic E-state index is 0.0865. The van der Waals surface area contributed by atoms with Gasteiger partial charge in [-0.05, 0) is 49.6 Å². The lowest BCUT2D eigenvalue weighted by Crippen LogP contribution is -2.26. The van der Waals surface area contributed by atoms with E-state index in [4.69, 9.17) is 9.47 Å². The fourth-order valence-electron chi connectivity index (χ4n) is 3.16. The molecule has 1 N–H and O–H groups in total. The number of nitrogens with one attached hydrogen (secondary N) is 1. The van der Waals surface area contributed by atoms with E-state index in [0.29, 0.717) is 30.0 Å². The molecule has 3 aromatic rings. The summed E-state index contributed by atoms with van der Waals surface area (Å²) in [6.07, 6.45) is 0.702. The molecule has 0 aliphatic rings. The molecule has 1 heterocycles. The third-order valence-electron chi connectivity index (χ3n) is 4.56. The van der Waals surface area contributed by atoms with E-state index < -0.39 is 0 Å². The zero-order chi connectivity index (χ0) is 19.4. The molecule has 1 aromatic heterocycles. The van der Waals surface area contributed by atoms with Crippen LogP contribution in [0, 0.1) is 13.8 Å². The Kier molecular flexibility index (Phi) is 5.60. The first-order valence-corrected chi connectivity index (χ1v) is 8.89. The summed E-state index contributed by atoms with van der Waals surface area (Å²) in [5.74, 6) is 1.29. The van der Waals surface area contributed by atoms with Gasteiger partial charge in [0.05, 0.1) is 25.3 Å². The SMILES string of the molecule is COc1ccc(CCNC(=O)c2cc(C)nc3c(C)cccc23)cc1OC. The van der Waals surface area contributed by atoms with Crippen LogP contribution in [0.25, 0.3) is 10.9 Å². The van der Waals surface area contributed by atoms with E-state index in [1.54, 1.807) is 14.2 Å². The summed E-state index contributed by atoms with van der Waals surface area (Å²) in [6, 6.07) is 13.5. The zero-order valence-corrected chi connectivity index (χ0v) is 16.1. The van der Waals surface area contributed by atoms with Crippen molar-refractivity contribution >= 4 is 16.8 Å². The van der Waals surface area contributed by atoms with Gasteiger partial charge < -0.3 is 14.8 Å². The van der Waals surface area contributed by atoms with Crippen molar-refractivity contribution in [3.8, 4) is 11.5 Å². The van der Waals surface area contributed by atoms with Crippen LogP contribution in [-0.2, 0) is 6.42 Å². The summed E-state index contributed by atoms with van der Waals surface area (Å²) in [5, 5.41) is 3.89. The van der Waals surface area contributed by atoms with E-state index in [0.717, 1.165) is 27.7 Å².